The van der Waals surface area contributed by atoms with Crippen molar-refractivity contribution < 1.29 is 19.2 Å². The van der Waals surface area contributed by atoms with Gasteiger partial charge in [-0.15, -0.1) is 0 Å². The van der Waals surface area contributed by atoms with Crippen LogP contribution in [0.1, 0.15) is 89.9 Å². The maximum atomic E-state index is 13.0. The second kappa shape index (κ2) is 8.81. The zero-order chi connectivity index (χ0) is 22.1. The van der Waals surface area contributed by atoms with Crippen molar-refractivity contribution in [3.05, 3.63) is 34.9 Å². The third-order valence-corrected chi connectivity index (χ3v) is 6.76. The number of fused-ring (bicyclic) bond motifs is 1. The Morgan fingerprint density at radius 2 is 1.58 bits per heavy atom. The minimum absolute atomic E-state index is 0.00645. The molecule has 0 atom stereocenters. The predicted octanol–water partition coefficient (Wildman–Crippen LogP) is 2.99. The molecule has 1 saturated heterocycles. The van der Waals surface area contributed by atoms with Gasteiger partial charge >= 0.3 is 0 Å². The van der Waals surface area contributed by atoms with Crippen LogP contribution in [-0.2, 0) is 4.79 Å². The van der Waals surface area contributed by atoms with Gasteiger partial charge in [0.25, 0.3) is 17.7 Å². The van der Waals surface area contributed by atoms with Crippen LogP contribution < -0.4 is 5.32 Å². The van der Waals surface area contributed by atoms with Crippen molar-refractivity contribution in [2.45, 2.75) is 70.9 Å². The van der Waals surface area contributed by atoms with Gasteiger partial charge in [0, 0.05) is 36.7 Å². The summed E-state index contributed by atoms with van der Waals surface area (Å²) in [5, 5.41) is 3.03. The summed E-state index contributed by atoms with van der Waals surface area (Å²) < 4.78 is 0. The predicted molar refractivity (Wildman–Crippen MR) is 116 cm³/mol. The van der Waals surface area contributed by atoms with Crippen LogP contribution in [0.3, 0.4) is 0 Å². The van der Waals surface area contributed by atoms with Gasteiger partial charge in [-0.3, -0.25) is 24.1 Å². The van der Waals surface area contributed by atoms with E-state index in [2.05, 4.69) is 5.32 Å². The number of likely N-dealkylation sites (tertiary alicyclic amines) is 1. The van der Waals surface area contributed by atoms with Crippen molar-refractivity contribution in [3.8, 4) is 0 Å². The number of carbonyl (C=O) groups is 4. The SMILES string of the molecule is CC(C)C(=O)N1CCC(NC(=O)c2ccc3c(c2)C(=O)N(C2CCCCC2)C3=O)CC1. The van der Waals surface area contributed by atoms with Crippen molar-refractivity contribution in [1.82, 2.24) is 15.1 Å². The van der Waals surface area contributed by atoms with Crippen LogP contribution in [0.4, 0.5) is 0 Å². The number of imide groups is 1. The summed E-state index contributed by atoms with van der Waals surface area (Å²) in [5.41, 5.74) is 1.12. The van der Waals surface area contributed by atoms with Gasteiger partial charge in [0.05, 0.1) is 11.1 Å². The smallest absolute Gasteiger partial charge is 0.261 e. The Kier molecular flexibility index (Phi) is 6.12. The van der Waals surface area contributed by atoms with Gasteiger partial charge in [0.15, 0.2) is 0 Å². The maximum absolute atomic E-state index is 13.0. The zero-order valence-electron chi connectivity index (χ0n) is 18.4. The van der Waals surface area contributed by atoms with Crippen molar-refractivity contribution in [2.75, 3.05) is 13.1 Å². The van der Waals surface area contributed by atoms with E-state index in [9.17, 15) is 19.2 Å². The van der Waals surface area contributed by atoms with Crippen LogP contribution in [0.25, 0.3) is 0 Å². The van der Waals surface area contributed by atoms with Crippen LogP contribution in [0, 0.1) is 5.92 Å². The number of nitrogens with one attached hydrogen (secondary N) is 1. The van der Waals surface area contributed by atoms with Gasteiger partial charge in [-0.25, -0.2) is 0 Å². The summed E-state index contributed by atoms with van der Waals surface area (Å²) in [5.74, 6) is -0.629. The highest BCUT2D eigenvalue weighted by Gasteiger charge is 2.40. The van der Waals surface area contributed by atoms with E-state index in [1.165, 1.54) is 4.90 Å². The maximum Gasteiger partial charge on any atom is 0.261 e. The number of hydrogen-bond donors (Lipinski definition) is 1. The molecule has 4 rings (SSSR count). The number of nitrogens with zero attached hydrogens (tertiary/aromatic N) is 2. The van der Waals surface area contributed by atoms with E-state index >= 15 is 0 Å². The van der Waals surface area contributed by atoms with Crippen molar-refractivity contribution in [2.24, 2.45) is 5.92 Å². The molecule has 166 valence electrons. The number of hydrogen-bond acceptors (Lipinski definition) is 4. The average molecular weight is 426 g/mol. The van der Waals surface area contributed by atoms with Crippen LogP contribution in [0.5, 0.6) is 0 Å². The Hall–Kier alpha value is -2.70. The molecule has 0 aromatic heterocycles. The number of piperidine rings is 1. The molecular formula is C24H31N3O4. The summed E-state index contributed by atoms with van der Waals surface area (Å²) in [6.07, 6.45) is 6.35. The number of carbonyl (C=O) groups excluding carboxylic acids is 4. The Labute approximate surface area is 183 Å². The molecule has 3 aliphatic rings. The van der Waals surface area contributed by atoms with E-state index in [0.29, 0.717) is 42.6 Å². The van der Waals surface area contributed by atoms with Gasteiger partial charge < -0.3 is 10.2 Å². The average Bonchev–Trinajstić information content (AvgIpc) is 3.03. The lowest BCUT2D eigenvalue weighted by Gasteiger charge is -2.33. The van der Waals surface area contributed by atoms with Gasteiger partial charge in [-0.05, 0) is 43.9 Å². The summed E-state index contributed by atoms with van der Waals surface area (Å²) in [4.78, 5) is 54.0. The Morgan fingerprint density at radius 1 is 0.935 bits per heavy atom. The lowest BCUT2D eigenvalue weighted by Crippen LogP contribution is -2.47. The first-order valence-electron chi connectivity index (χ1n) is 11.5. The molecule has 1 N–H and O–H groups in total. The molecular weight excluding hydrogens is 394 g/mol. The topological polar surface area (TPSA) is 86.8 Å². The van der Waals surface area contributed by atoms with E-state index in [0.717, 1.165) is 32.1 Å². The van der Waals surface area contributed by atoms with E-state index in [1.54, 1.807) is 18.2 Å². The number of amides is 4. The first-order chi connectivity index (χ1) is 14.9. The Balaban J connectivity index is 1.40. The molecule has 2 heterocycles. The normalized spacial score (nSPS) is 20.4. The zero-order valence-corrected chi connectivity index (χ0v) is 18.4. The van der Waals surface area contributed by atoms with E-state index < -0.39 is 0 Å². The van der Waals surface area contributed by atoms with E-state index in [1.807, 2.05) is 18.7 Å². The molecule has 0 radical (unpaired) electrons. The first kappa shape index (κ1) is 21.5. The molecule has 1 aliphatic carbocycles. The minimum atomic E-state index is -0.276. The lowest BCUT2D eigenvalue weighted by atomic mass is 9.94. The van der Waals surface area contributed by atoms with Crippen molar-refractivity contribution in [1.29, 1.82) is 0 Å². The lowest BCUT2D eigenvalue weighted by molar-refractivity contribution is -0.135. The van der Waals surface area contributed by atoms with Gasteiger partial charge in [0.1, 0.15) is 0 Å². The van der Waals surface area contributed by atoms with E-state index in [4.69, 9.17) is 0 Å². The Morgan fingerprint density at radius 3 is 2.23 bits per heavy atom. The molecule has 1 aromatic carbocycles. The fourth-order valence-electron chi connectivity index (χ4n) is 4.95. The summed E-state index contributed by atoms with van der Waals surface area (Å²) in [7, 11) is 0. The number of benzene rings is 1. The molecule has 31 heavy (non-hydrogen) atoms. The van der Waals surface area contributed by atoms with Crippen LogP contribution in [0.15, 0.2) is 18.2 Å². The molecule has 7 nitrogen and oxygen atoms in total. The fourth-order valence-corrected chi connectivity index (χ4v) is 4.95. The van der Waals surface area contributed by atoms with E-state index in [-0.39, 0.29) is 41.6 Å². The standard InChI is InChI=1S/C24H31N3O4/c1-15(2)22(29)26-12-10-17(11-13-26)25-21(28)16-8-9-19-20(14-16)24(31)27(23(19)30)18-6-4-3-5-7-18/h8-9,14-15,17-18H,3-7,10-13H2,1-2H3,(H,25,28). The first-order valence-corrected chi connectivity index (χ1v) is 11.5. The quantitative estimate of drug-likeness (QED) is 0.752. The Bertz CT molecular complexity index is 896. The molecule has 2 aliphatic heterocycles. The molecule has 1 saturated carbocycles. The molecule has 2 fully saturated rings. The van der Waals surface area contributed by atoms with Crippen molar-refractivity contribution >= 4 is 23.6 Å². The highest BCUT2D eigenvalue weighted by molar-refractivity contribution is 6.22. The molecule has 0 unspecified atom stereocenters. The second-order valence-electron chi connectivity index (χ2n) is 9.26. The van der Waals surface area contributed by atoms with Gasteiger partial charge in [-0.2, -0.15) is 0 Å². The minimum Gasteiger partial charge on any atom is -0.349 e. The third kappa shape index (κ3) is 4.23. The third-order valence-electron chi connectivity index (χ3n) is 6.76. The van der Waals surface area contributed by atoms with Crippen molar-refractivity contribution in [3.63, 3.8) is 0 Å². The molecule has 1 aromatic rings. The van der Waals surface area contributed by atoms with Crippen LogP contribution in [0.2, 0.25) is 0 Å². The summed E-state index contributed by atoms with van der Waals surface area (Å²) in [6.45, 7) is 5.06. The highest BCUT2D eigenvalue weighted by atomic mass is 16.2. The van der Waals surface area contributed by atoms with Gasteiger partial charge in [0.2, 0.25) is 5.91 Å². The largest absolute Gasteiger partial charge is 0.349 e. The summed E-state index contributed by atoms with van der Waals surface area (Å²) >= 11 is 0. The molecule has 7 heteroatoms. The highest BCUT2D eigenvalue weighted by Crippen LogP contribution is 2.31. The monoisotopic (exact) mass is 425 g/mol. The number of rotatable bonds is 4. The molecule has 4 amide bonds. The van der Waals surface area contributed by atoms with Crippen LogP contribution in [-0.4, -0.2) is 58.6 Å². The van der Waals surface area contributed by atoms with Crippen LogP contribution >= 0.6 is 0 Å². The molecule has 0 bridgehead atoms. The molecule has 0 spiro atoms. The summed E-state index contributed by atoms with van der Waals surface area (Å²) in [6, 6.07) is 4.76. The van der Waals surface area contributed by atoms with Gasteiger partial charge in [-0.1, -0.05) is 33.1 Å². The fraction of sp³-hybridized carbons (Fsp3) is 0.583. The second-order valence-corrected chi connectivity index (χ2v) is 9.26.